The predicted octanol–water partition coefficient (Wildman–Crippen LogP) is 7.32. The van der Waals surface area contributed by atoms with Crippen LogP contribution in [0.1, 0.15) is 27.7 Å². The van der Waals surface area contributed by atoms with Gasteiger partial charge in [0.2, 0.25) is 0 Å². The van der Waals surface area contributed by atoms with Crippen molar-refractivity contribution in [3.05, 3.63) is 72.8 Å². The first-order chi connectivity index (χ1) is 16.8. The van der Waals surface area contributed by atoms with Gasteiger partial charge in [-0.3, -0.25) is 0 Å². The summed E-state index contributed by atoms with van der Waals surface area (Å²) in [6.07, 6.45) is 0. The minimum absolute atomic E-state index is 0.399. The van der Waals surface area contributed by atoms with Crippen LogP contribution in [0.2, 0.25) is 0 Å². The van der Waals surface area contributed by atoms with Crippen LogP contribution in [0.3, 0.4) is 0 Å². The van der Waals surface area contributed by atoms with Gasteiger partial charge < -0.3 is 13.7 Å². The zero-order valence-corrected chi connectivity index (χ0v) is 20.9. The van der Waals surface area contributed by atoms with E-state index in [4.69, 9.17) is 18.7 Å². The van der Waals surface area contributed by atoms with Gasteiger partial charge in [-0.05, 0) is 62.8 Å². The lowest BCUT2D eigenvalue weighted by Crippen LogP contribution is -2.41. The Balaban J connectivity index is 1.36. The maximum atomic E-state index is 6.37. The fraction of sp³-hybridized carbons (Fsp3) is 0.207. The van der Waals surface area contributed by atoms with Crippen molar-refractivity contribution in [1.29, 1.82) is 0 Å². The Morgan fingerprint density at radius 2 is 1.57 bits per heavy atom. The van der Waals surface area contributed by atoms with Crippen molar-refractivity contribution >= 4 is 66.8 Å². The molecule has 0 aliphatic carbocycles. The van der Waals surface area contributed by atoms with Gasteiger partial charge in [-0.15, -0.1) is 11.3 Å². The number of thiazole rings is 1. The molecule has 4 nitrogen and oxygen atoms in total. The molecule has 35 heavy (non-hydrogen) atoms. The van der Waals surface area contributed by atoms with Gasteiger partial charge in [-0.1, -0.05) is 48.5 Å². The lowest BCUT2D eigenvalue weighted by molar-refractivity contribution is 0.00578. The fourth-order valence-electron chi connectivity index (χ4n) is 4.93. The molecule has 0 radical (unpaired) electrons. The minimum atomic E-state index is -0.443. The molecule has 0 saturated carbocycles. The van der Waals surface area contributed by atoms with Crippen LogP contribution in [-0.2, 0) is 9.31 Å². The first-order valence-electron chi connectivity index (χ1n) is 11.9. The molecule has 172 valence electrons. The van der Waals surface area contributed by atoms with Crippen molar-refractivity contribution in [1.82, 2.24) is 4.98 Å². The van der Waals surface area contributed by atoms with E-state index in [1.54, 1.807) is 11.3 Å². The van der Waals surface area contributed by atoms with Crippen LogP contribution in [0.5, 0.6) is 0 Å². The smallest absolute Gasteiger partial charge is 0.456 e. The van der Waals surface area contributed by atoms with Gasteiger partial charge in [0.1, 0.15) is 16.2 Å². The molecule has 3 heterocycles. The van der Waals surface area contributed by atoms with Gasteiger partial charge in [0.15, 0.2) is 0 Å². The van der Waals surface area contributed by atoms with Gasteiger partial charge >= 0.3 is 7.12 Å². The van der Waals surface area contributed by atoms with Gasteiger partial charge in [-0.2, -0.15) is 0 Å². The molecular weight excluding hydrogens is 453 g/mol. The Bertz CT molecular complexity index is 1770. The Labute approximate surface area is 207 Å². The summed E-state index contributed by atoms with van der Waals surface area (Å²) in [7, 11) is -0.443. The van der Waals surface area contributed by atoms with Crippen molar-refractivity contribution in [2.24, 2.45) is 0 Å². The van der Waals surface area contributed by atoms with Crippen LogP contribution in [0, 0.1) is 0 Å². The first-order valence-corrected chi connectivity index (χ1v) is 12.7. The van der Waals surface area contributed by atoms with Gasteiger partial charge in [0.05, 0.1) is 21.4 Å². The highest BCUT2D eigenvalue weighted by molar-refractivity contribution is 7.22. The molecule has 0 amide bonds. The van der Waals surface area contributed by atoms with Crippen LogP contribution in [-0.4, -0.2) is 23.3 Å². The average Bonchev–Trinajstić information content (AvgIpc) is 3.49. The number of hydrogen-bond acceptors (Lipinski definition) is 5. The number of hydrogen-bond donors (Lipinski definition) is 0. The fourth-order valence-corrected chi connectivity index (χ4v) is 6.03. The van der Waals surface area contributed by atoms with Crippen LogP contribution in [0.15, 0.2) is 77.2 Å². The van der Waals surface area contributed by atoms with Gasteiger partial charge in [0, 0.05) is 21.7 Å². The number of rotatable bonds is 2. The largest absolute Gasteiger partial charge is 0.495 e. The molecule has 0 unspecified atom stereocenters. The second kappa shape index (κ2) is 7.17. The summed E-state index contributed by atoms with van der Waals surface area (Å²) in [6, 6.07) is 25.2. The third-order valence-electron chi connectivity index (χ3n) is 7.56. The molecule has 1 aliphatic rings. The molecule has 0 N–H and O–H groups in total. The zero-order valence-electron chi connectivity index (χ0n) is 20.1. The molecule has 6 aromatic rings. The average molecular weight is 477 g/mol. The van der Waals surface area contributed by atoms with Crippen molar-refractivity contribution in [2.45, 2.75) is 38.9 Å². The summed E-state index contributed by atoms with van der Waals surface area (Å²) in [5, 5.41) is 5.57. The molecule has 0 atom stereocenters. The highest BCUT2D eigenvalue weighted by atomic mass is 32.1. The van der Waals surface area contributed by atoms with Crippen LogP contribution >= 0.6 is 11.3 Å². The summed E-state index contributed by atoms with van der Waals surface area (Å²) >= 11 is 1.73. The standard InChI is InChI=1S/C29H24BNO3S/c1-28(2)29(3,4)34-30(33-28)21-10-7-11-23-25(21)20-14-12-18(16-24(20)32-23)27-31-22-15-13-17-8-5-6-9-19(17)26(22)35-27/h5-16H,1-4H3. The van der Waals surface area contributed by atoms with Crippen molar-refractivity contribution in [3.8, 4) is 10.6 Å². The van der Waals surface area contributed by atoms with E-state index in [1.807, 2.05) is 12.1 Å². The topological polar surface area (TPSA) is 44.5 Å². The van der Waals surface area contributed by atoms with E-state index in [-0.39, 0.29) is 0 Å². The Hall–Kier alpha value is -3.19. The first kappa shape index (κ1) is 21.1. The summed E-state index contributed by atoms with van der Waals surface area (Å²) < 4.78 is 20.3. The minimum Gasteiger partial charge on any atom is -0.456 e. The van der Waals surface area contributed by atoms with Crippen LogP contribution in [0.4, 0.5) is 0 Å². The lowest BCUT2D eigenvalue weighted by Gasteiger charge is -2.32. The van der Waals surface area contributed by atoms with E-state index in [9.17, 15) is 0 Å². The third kappa shape index (κ3) is 3.10. The molecule has 6 heteroatoms. The molecule has 1 fully saturated rings. The molecule has 0 spiro atoms. The van der Waals surface area contributed by atoms with Crippen molar-refractivity contribution in [3.63, 3.8) is 0 Å². The summed E-state index contributed by atoms with van der Waals surface area (Å²) in [5.41, 5.74) is 3.95. The number of fused-ring (bicyclic) bond motifs is 6. The summed E-state index contributed by atoms with van der Waals surface area (Å²) in [5.74, 6) is 0. The third-order valence-corrected chi connectivity index (χ3v) is 8.72. The molecule has 2 aromatic heterocycles. The van der Waals surface area contributed by atoms with Crippen LogP contribution < -0.4 is 5.46 Å². The second-order valence-corrected chi connectivity index (χ2v) is 11.3. The molecule has 7 rings (SSSR count). The van der Waals surface area contributed by atoms with E-state index >= 15 is 0 Å². The maximum Gasteiger partial charge on any atom is 0.495 e. The monoisotopic (exact) mass is 477 g/mol. The highest BCUT2D eigenvalue weighted by Gasteiger charge is 2.52. The SMILES string of the molecule is CC1(C)OB(c2cccc3oc4cc(-c5nc6ccc7ccccc7c6s5)ccc4c23)OC1(C)C. The summed E-state index contributed by atoms with van der Waals surface area (Å²) in [4.78, 5) is 4.94. The van der Waals surface area contributed by atoms with E-state index in [1.165, 1.54) is 15.5 Å². The molecule has 4 aromatic carbocycles. The molecule has 1 aliphatic heterocycles. The Morgan fingerprint density at radius 3 is 2.40 bits per heavy atom. The zero-order chi connectivity index (χ0) is 23.9. The number of nitrogens with zero attached hydrogens (tertiary/aromatic N) is 1. The normalized spacial score (nSPS) is 17.3. The molecular formula is C29H24BNO3S. The summed E-state index contributed by atoms with van der Waals surface area (Å²) in [6.45, 7) is 8.31. The van der Waals surface area contributed by atoms with E-state index < -0.39 is 18.3 Å². The Kier molecular flexibility index (Phi) is 4.33. The van der Waals surface area contributed by atoms with Crippen LogP contribution in [0.25, 0.3) is 53.5 Å². The number of furan rings is 1. The van der Waals surface area contributed by atoms with E-state index in [2.05, 4.69) is 88.4 Å². The Morgan fingerprint density at radius 1 is 0.771 bits per heavy atom. The maximum absolute atomic E-state index is 6.37. The van der Waals surface area contributed by atoms with Gasteiger partial charge in [0.25, 0.3) is 0 Å². The molecule has 0 bridgehead atoms. The van der Waals surface area contributed by atoms with E-state index in [0.29, 0.717) is 0 Å². The predicted molar refractivity (Wildman–Crippen MR) is 146 cm³/mol. The van der Waals surface area contributed by atoms with Gasteiger partial charge in [-0.25, -0.2) is 4.98 Å². The van der Waals surface area contributed by atoms with E-state index in [0.717, 1.165) is 43.5 Å². The second-order valence-electron chi connectivity index (χ2n) is 10.3. The quantitative estimate of drug-likeness (QED) is 0.245. The van der Waals surface area contributed by atoms with Crippen molar-refractivity contribution < 1.29 is 13.7 Å². The van der Waals surface area contributed by atoms with Crippen molar-refractivity contribution in [2.75, 3.05) is 0 Å². The molecule has 1 saturated heterocycles. The highest BCUT2D eigenvalue weighted by Crippen LogP contribution is 2.40. The lowest BCUT2D eigenvalue weighted by atomic mass is 9.76. The number of aromatic nitrogens is 1. The number of benzene rings is 4.